The Morgan fingerprint density at radius 3 is 2.72 bits per heavy atom. The monoisotopic (exact) mass is 292 g/mol. The SMILES string of the molecule is CS(=O)(=O)CCSc1ccc(C(N)=NO)cc1F. The van der Waals surface area contributed by atoms with Crippen molar-refractivity contribution in [3.05, 3.63) is 29.6 Å². The Morgan fingerprint density at radius 1 is 1.56 bits per heavy atom. The van der Waals surface area contributed by atoms with E-state index in [1.807, 2.05) is 0 Å². The van der Waals surface area contributed by atoms with Crippen LogP contribution in [0.4, 0.5) is 4.39 Å². The van der Waals surface area contributed by atoms with Gasteiger partial charge in [0.25, 0.3) is 0 Å². The first kappa shape index (κ1) is 14.8. The number of benzene rings is 1. The Hall–Kier alpha value is -1.28. The molecule has 0 aromatic heterocycles. The third-order valence-electron chi connectivity index (χ3n) is 2.05. The van der Waals surface area contributed by atoms with E-state index in [4.69, 9.17) is 10.9 Å². The number of nitrogens with two attached hydrogens (primary N) is 1. The zero-order valence-corrected chi connectivity index (χ0v) is 11.3. The summed E-state index contributed by atoms with van der Waals surface area (Å²) >= 11 is 1.10. The minimum atomic E-state index is -3.05. The fourth-order valence-electron chi connectivity index (χ4n) is 1.14. The third kappa shape index (κ3) is 4.53. The first-order chi connectivity index (χ1) is 8.33. The van der Waals surface area contributed by atoms with Gasteiger partial charge in [-0.1, -0.05) is 5.16 Å². The minimum Gasteiger partial charge on any atom is -0.409 e. The molecule has 0 saturated carbocycles. The standard InChI is InChI=1S/C10H13FN2O3S2/c1-18(15,16)5-4-17-9-3-2-7(6-8(9)11)10(12)13-14/h2-3,6,14H,4-5H2,1H3,(H2,12,13). The number of nitrogens with zero attached hydrogens (tertiary/aromatic N) is 1. The highest BCUT2D eigenvalue weighted by molar-refractivity contribution is 8.00. The van der Waals surface area contributed by atoms with Gasteiger partial charge < -0.3 is 10.9 Å². The zero-order valence-electron chi connectivity index (χ0n) is 9.63. The van der Waals surface area contributed by atoms with Gasteiger partial charge in [0.05, 0.1) is 5.75 Å². The van der Waals surface area contributed by atoms with Gasteiger partial charge in [-0.25, -0.2) is 12.8 Å². The Bertz CT molecular complexity index is 558. The Balaban J connectivity index is 2.75. The number of hydrogen-bond donors (Lipinski definition) is 2. The summed E-state index contributed by atoms with van der Waals surface area (Å²) < 4.78 is 35.4. The fourth-order valence-corrected chi connectivity index (χ4v) is 3.26. The topological polar surface area (TPSA) is 92.8 Å². The zero-order chi connectivity index (χ0) is 13.8. The lowest BCUT2D eigenvalue weighted by Crippen LogP contribution is -2.13. The van der Waals surface area contributed by atoms with Crippen molar-refractivity contribution < 1.29 is 18.0 Å². The second-order valence-corrected chi connectivity index (χ2v) is 7.01. The molecule has 5 nitrogen and oxygen atoms in total. The van der Waals surface area contributed by atoms with E-state index in [0.717, 1.165) is 24.1 Å². The van der Waals surface area contributed by atoms with E-state index >= 15 is 0 Å². The van der Waals surface area contributed by atoms with Crippen LogP contribution in [0.3, 0.4) is 0 Å². The fraction of sp³-hybridized carbons (Fsp3) is 0.300. The molecule has 0 aliphatic carbocycles. The van der Waals surface area contributed by atoms with Gasteiger partial charge in [-0.3, -0.25) is 0 Å². The summed E-state index contributed by atoms with van der Waals surface area (Å²) in [4.78, 5) is 0.327. The van der Waals surface area contributed by atoms with Gasteiger partial charge in [-0.15, -0.1) is 11.8 Å². The maximum absolute atomic E-state index is 13.6. The van der Waals surface area contributed by atoms with Crippen LogP contribution in [0.5, 0.6) is 0 Å². The molecular formula is C10H13FN2O3S2. The van der Waals surface area contributed by atoms with E-state index in [1.165, 1.54) is 12.1 Å². The summed E-state index contributed by atoms with van der Waals surface area (Å²) in [7, 11) is -3.05. The molecule has 0 amide bonds. The van der Waals surface area contributed by atoms with Crippen molar-refractivity contribution in [2.45, 2.75) is 4.90 Å². The van der Waals surface area contributed by atoms with Crippen molar-refractivity contribution in [2.24, 2.45) is 10.9 Å². The van der Waals surface area contributed by atoms with Gasteiger partial charge >= 0.3 is 0 Å². The molecule has 1 aromatic rings. The normalized spacial score (nSPS) is 12.7. The van der Waals surface area contributed by atoms with Gasteiger partial charge in [-0.05, 0) is 18.2 Å². The summed E-state index contributed by atoms with van der Waals surface area (Å²) in [6.07, 6.45) is 1.13. The van der Waals surface area contributed by atoms with Crippen LogP contribution in [-0.2, 0) is 9.84 Å². The van der Waals surface area contributed by atoms with Crippen molar-refractivity contribution in [3.8, 4) is 0 Å². The van der Waals surface area contributed by atoms with Gasteiger partial charge in [0, 0.05) is 22.5 Å². The van der Waals surface area contributed by atoms with Crippen LogP contribution in [0.25, 0.3) is 0 Å². The van der Waals surface area contributed by atoms with E-state index in [-0.39, 0.29) is 22.9 Å². The molecule has 0 spiro atoms. The molecule has 0 saturated heterocycles. The molecular weight excluding hydrogens is 279 g/mol. The lowest BCUT2D eigenvalue weighted by Gasteiger charge is -2.05. The quantitative estimate of drug-likeness (QED) is 0.278. The molecule has 0 atom stereocenters. The van der Waals surface area contributed by atoms with Crippen molar-refractivity contribution >= 4 is 27.4 Å². The van der Waals surface area contributed by atoms with Gasteiger partial charge in [-0.2, -0.15) is 0 Å². The summed E-state index contributed by atoms with van der Waals surface area (Å²) in [5.41, 5.74) is 5.58. The van der Waals surface area contributed by atoms with E-state index < -0.39 is 15.7 Å². The van der Waals surface area contributed by atoms with Crippen LogP contribution in [0, 0.1) is 5.82 Å². The molecule has 0 heterocycles. The third-order valence-corrected chi connectivity index (χ3v) is 4.30. The second-order valence-electron chi connectivity index (χ2n) is 3.61. The maximum atomic E-state index is 13.6. The molecule has 0 aliphatic rings. The summed E-state index contributed by atoms with van der Waals surface area (Å²) in [5.74, 6) is -0.447. The Labute approximate surface area is 109 Å². The number of halogens is 1. The largest absolute Gasteiger partial charge is 0.409 e. The molecule has 100 valence electrons. The minimum absolute atomic E-state index is 0.0148. The molecule has 3 N–H and O–H groups in total. The molecule has 18 heavy (non-hydrogen) atoms. The highest BCUT2D eigenvalue weighted by Gasteiger charge is 2.08. The molecule has 0 bridgehead atoms. The second kappa shape index (κ2) is 6.05. The predicted octanol–water partition coefficient (Wildman–Crippen LogP) is 1.06. The lowest BCUT2D eigenvalue weighted by atomic mass is 10.2. The van der Waals surface area contributed by atoms with Crippen molar-refractivity contribution in [1.82, 2.24) is 0 Å². The summed E-state index contributed by atoms with van der Waals surface area (Å²) in [6.45, 7) is 0. The van der Waals surface area contributed by atoms with Crippen LogP contribution < -0.4 is 5.73 Å². The molecule has 8 heteroatoms. The lowest BCUT2D eigenvalue weighted by molar-refractivity contribution is 0.318. The highest BCUT2D eigenvalue weighted by Crippen LogP contribution is 2.22. The first-order valence-corrected chi connectivity index (χ1v) is 7.96. The van der Waals surface area contributed by atoms with Crippen LogP contribution in [0.2, 0.25) is 0 Å². The average molecular weight is 292 g/mol. The molecule has 0 aliphatic heterocycles. The molecule has 0 unspecified atom stereocenters. The first-order valence-electron chi connectivity index (χ1n) is 4.91. The van der Waals surface area contributed by atoms with E-state index in [1.54, 1.807) is 0 Å². The molecule has 0 fully saturated rings. The van der Waals surface area contributed by atoms with Gasteiger partial charge in [0.1, 0.15) is 15.7 Å². The summed E-state index contributed by atoms with van der Waals surface area (Å²) in [6, 6.07) is 4.11. The van der Waals surface area contributed by atoms with E-state index in [2.05, 4.69) is 5.16 Å². The number of oxime groups is 1. The molecule has 1 rings (SSSR count). The Morgan fingerprint density at radius 2 is 2.22 bits per heavy atom. The van der Waals surface area contributed by atoms with Crippen molar-refractivity contribution in [3.63, 3.8) is 0 Å². The highest BCUT2D eigenvalue weighted by atomic mass is 32.2. The number of amidine groups is 1. The summed E-state index contributed by atoms with van der Waals surface area (Å²) in [5, 5.41) is 11.2. The number of hydrogen-bond acceptors (Lipinski definition) is 5. The average Bonchev–Trinajstić information content (AvgIpc) is 2.28. The van der Waals surface area contributed by atoms with Crippen LogP contribution in [0.15, 0.2) is 28.3 Å². The number of thioether (sulfide) groups is 1. The van der Waals surface area contributed by atoms with E-state index in [9.17, 15) is 12.8 Å². The Kier molecular flexibility index (Phi) is 4.97. The van der Waals surface area contributed by atoms with Crippen LogP contribution >= 0.6 is 11.8 Å². The number of rotatable bonds is 5. The van der Waals surface area contributed by atoms with Crippen LogP contribution in [0.1, 0.15) is 5.56 Å². The predicted molar refractivity (Wildman–Crippen MR) is 69.3 cm³/mol. The van der Waals surface area contributed by atoms with Crippen LogP contribution in [-0.4, -0.2) is 37.2 Å². The maximum Gasteiger partial charge on any atom is 0.170 e. The molecule has 1 aromatic carbocycles. The van der Waals surface area contributed by atoms with Crippen molar-refractivity contribution in [2.75, 3.05) is 17.8 Å². The van der Waals surface area contributed by atoms with Gasteiger partial charge in [0.2, 0.25) is 0 Å². The van der Waals surface area contributed by atoms with E-state index in [0.29, 0.717) is 4.90 Å². The number of sulfone groups is 1. The molecule has 0 radical (unpaired) electrons. The van der Waals surface area contributed by atoms with Crippen molar-refractivity contribution in [1.29, 1.82) is 0 Å². The smallest absolute Gasteiger partial charge is 0.170 e. The van der Waals surface area contributed by atoms with Gasteiger partial charge in [0.15, 0.2) is 5.84 Å².